The number of nitrogens with two attached hydrogens (primary N) is 1. The maximum atomic E-state index is 13.3. The minimum atomic E-state index is -0.541. The number of ketones is 1. The van der Waals surface area contributed by atoms with Crippen LogP contribution in [0, 0.1) is 5.82 Å². The number of hydrogen-bond donors (Lipinski definition) is 1. The van der Waals surface area contributed by atoms with Gasteiger partial charge in [0.1, 0.15) is 11.0 Å². The molecular weight excluding hydrogens is 271 g/mol. The molecule has 0 aliphatic heterocycles. The largest absolute Gasteiger partial charge is 0.494 e. The van der Waals surface area contributed by atoms with Crippen molar-refractivity contribution < 1.29 is 13.9 Å². The maximum Gasteiger partial charge on any atom is 0.196 e. The number of nitrogen functional groups attached to an aromatic ring is 1. The quantitative estimate of drug-likeness (QED) is 0.693. The number of hydrogen-bond acceptors (Lipinski definition) is 4. The molecule has 0 amide bonds. The molecule has 0 saturated carbocycles. The van der Waals surface area contributed by atoms with E-state index in [1.165, 1.54) is 31.4 Å². The van der Waals surface area contributed by atoms with Crippen molar-refractivity contribution in [2.24, 2.45) is 0 Å². The first-order valence-electron chi connectivity index (χ1n) is 5.33. The summed E-state index contributed by atoms with van der Waals surface area (Å²) in [7, 11) is 1.32. The first kappa shape index (κ1) is 13.3. The average Bonchev–Trinajstić information content (AvgIpc) is 2.38. The molecule has 0 unspecified atom stereocenters. The zero-order valence-corrected chi connectivity index (χ0v) is 10.7. The van der Waals surface area contributed by atoms with Crippen molar-refractivity contribution in [1.82, 2.24) is 4.98 Å². The van der Waals surface area contributed by atoms with E-state index in [1.807, 2.05) is 0 Å². The lowest BCUT2D eigenvalue weighted by Crippen LogP contribution is -2.07. The van der Waals surface area contributed by atoms with Gasteiger partial charge in [-0.2, -0.15) is 0 Å². The molecule has 0 radical (unpaired) electrons. The third-order valence-electron chi connectivity index (χ3n) is 2.55. The Hall–Kier alpha value is -2.14. The molecule has 6 heteroatoms. The molecule has 0 aliphatic rings. The third-order valence-corrected chi connectivity index (χ3v) is 2.76. The Labute approximate surface area is 114 Å². The van der Waals surface area contributed by atoms with Crippen LogP contribution in [-0.4, -0.2) is 17.9 Å². The Balaban J connectivity index is 2.44. The van der Waals surface area contributed by atoms with Crippen LogP contribution in [0.25, 0.3) is 0 Å². The molecule has 2 rings (SSSR count). The van der Waals surface area contributed by atoms with Crippen LogP contribution in [0.15, 0.2) is 30.3 Å². The number of anilines is 1. The van der Waals surface area contributed by atoms with E-state index in [4.69, 9.17) is 22.1 Å². The lowest BCUT2D eigenvalue weighted by Gasteiger charge is -2.07. The van der Waals surface area contributed by atoms with Crippen molar-refractivity contribution in [2.45, 2.75) is 0 Å². The van der Waals surface area contributed by atoms with E-state index in [-0.39, 0.29) is 33.6 Å². The van der Waals surface area contributed by atoms with Crippen LogP contribution in [0.5, 0.6) is 5.75 Å². The number of aromatic nitrogens is 1. The Morgan fingerprint density at radius 2 is 2.11 bits per heavy atom. The molecule has 0 bridgehead atoms. The number of halogens is 2. The van der Waals surface area contributed by atoms with Crippen molar-refractivity contribution in [3.05, 3.63) is 52.4 Å². The van der Waals surface area contributed by atoms with Crippen LogP contribution in [-0.2, 0) is 0 Å². The zero-order chi connectivity index (χ0) is 14.0. The van der Waals surface area contributed by atoms with Crippen LogP contribution in [0.2, 0.25) is 5.15 Å². The van der Waals surface area contributed by atoms with Gasteiger partial charge < -0.3 is 10.5 Å². The fraction of sp³-hybridized carbons (Fsp3) is 0.0769. The predicted octanol–water partition coefficient (Wildman–Crippen LogP) is 2.70. The lowest BCUT2D eigenvalue weighted by atomic mass is 10.0. The summed E-state index contributed by atoms with van der Waals surface area (Å²) in [5, 5.41) is 0.200. The Bertz CT molecular complexity index is 647. The first-order valence-corrected chi connectivity index (χ1v) is 5.71. The van der Waals surface area contributed by atoms with Crippen LogP contribution in [0.1, 0.15) is 15.9 Å². The van der Waals surface area contributed by atoms with Gasteiger partial charge in [0, 0.05) is 5.56 Å². The number of pyridine rings is 1. The number of rotatable bonds is 3. The lowest BCUT2D eigenvalue weighted by molar-refractivity contribution is 0.103. The summed E-state index contributed by atoms with van der Waals surface area (Å²) in [6.07, 6.45) is 0. The molecule has 0 spiro atoms. The van der Waals surface area contributed by atoms with E-state index in [2.05, 4.69) is 4.98 Å². The molecule has 0 fully saturated rings. The SMILES string of the molecule is COc1cc(C(=O)c2ccc(Cl)nc2N)ccc1F. The minimum absolute atomic E-state index is 0.00801. The topological polar surface area (TPSA) is 65.2 Å². The van der Waals surface area contributed by atoms with Crippen molar-refractivity contribution in [1.29, 1.82) is 0 Å². The molecule has 2 N–H and O–H groups in total. The standard InChI is InChI=1S/C13H10ClFN2O2/c1-19-10-6-7(2-4-9(10)15)12(18)8-3-5-11(14)17-13(8)16/h2-6H,1H3,(H2,16,17). The Morgan fingerprint density at radius 1 is 1.37 bits per heavy atom. The molecule has 98 valence electrons. The van der Waals surface area contributed by atoms with E-state index in [0.29, 0.717) is 0 Å². The highest BCUT2D eigenvalue weighted by Crippen LogP contribution is 2.22. The van der Waals surface area contributed by atoms with Gasteiger partial charge in [-0.3, -0.25) is 4.79 Å². The van der Waals surface area contributed by atoms with Crippen molar-refractivity contribution in [2.75, 3.05) is 12.8 Å². The monoisotopic (exact) mass is 280 g/mol. The Kier molecular flexibility index (Phi) is 3.66. The number of ether oxygens (including phenoxy) is 1. The summed E-state index contributed by atoms with van der Waals surface area (Å²) in [6.45, 7) is 0. The fourth-order valence-corrected chi connectivity index (χ4v) is 1.75. The highest BCUT2D eigenvalue weighted by atomic mass is 35.5. The molecule has 0 saturated heterocycles. The van der Waals surface area contributed by atoms with Gasteiger partial charge in [0.15, 0.2) is 17.3 Å². The van der Waals surface area contributed by atoms with Gasteiger partial charge in [-0.15, -0.1) is 0 Å². The first-order chi connectivity index (χ1) is 9.02. The van der Waals surface area contributed by atoms with E-state index >= 15 is 0 Å². The fourth-order valence-electron chi connectivity index (χ4n) is 1.60. The zero-order valence-electron chi connectivity index (χ0n) is 9.98. The Morgan fingerprint density at radius 3 is 2.74 bits per heavy atom. The minimum Gasteiger partial charge on any atom is -0.494 e. The van der Waals surface area contributed by atoms with E-state index in [0.717, 1.165) is 6.07 Å². The summed E-state index contributed by atoms with van der Waals surface area (Å²) in [4.78, 5) is 16.0. The molecule has 4 nitrogen and oxygen atoms in total. The van der Waals surface area contributed by atoms with Crippen LogP contribution >= 0.6 is 11.6 Å². The highest BCUT2D eigenvalue weighted by Gasteiger charge is 2.15. The second-order valence-electron chi connectivity index (χ2n) is 3.75. The van der Waals surface area contributed by atoms with Crippen molar-refractivity contribution in [3.63, 3.8) is 0 Å². The smallest absolute Gasteiger partial charge is 0.196 e. The van der Waals surface area contributed by atoms with Crippen LogP contribution in [0.4, 0.5) is 10.2 Å². The van der Waals surface area contributed by atoms with E-state index in [1.54, 1.807) is 0 Å². The summed E-state index contributed by atoms with van der Waals surface area (Å²) in [5.74, 6) is -0.895. The molecule has 2 aromatic rings. The molecule has 19 heavy (non-hydrogen) atoms. The number of nitrogens with zero attached hydrogens (tertiary/aromatic N) is 1. The number of benzene rings is 1. The number of carbonyl (C=O) groups excluding carboxylic acids is 1. The molecular formula is C13H10ClFN2O2. The van der Waals surface area contributed by atoms with E-state index < -0.39 is 5.82 Å². The van der Waals surface area contributed by atoms with Crippen LogP contribution < -0.4 is 10.5 Å². The second kappa shape index (κ2) is 5.24. The molecule has 1 heterocycles. The molecule has 1 aromatic heterocycles. The van der Waals surface area contributed by atoms with Gasteiger partial charge in [0.05, 0.1) is 12.7 Å². The summed E-state index contributed by atoms with van der Waals surface area (Å²) < 4.78 is 18.1. The van der Waals surface area contributed by atoms with Gasteiger partial charge in [-0.1, -0.05) is 11.6 Å². The molecule has 0 atom stereocenters. The summed E-state index contributed by atoms with van der Waals surface area (Å²) in [5.41, 5.74) is 6.10. The van der Waals surface area contributed by atoms with Crippen molar-refractivity contribution in [3.8, 4) is 5.75 Å². The van der Waals surface area contributed by atoms with Crippen molar-refractivity contribution >= 4 is 23.2 Å². The molecule has 1 aromatic carbocycles. The van der Waals surface area contributed by atoms with Gasteiger partial charge in [0.25, 0.3) is 0 Å². The normalized spacial score (nSPS) is 10.3. The third kappa shape index (κ3) is 2.66. The highest BCUT2D eigenvalue weighted by molar-refractivity contribution is 6.29. The van der Waals surface area contributed by atoms with Gasteiger partial charge in [-0.05, 0) is 30.3 Å². The average molecular weight is 281 g/mol. The number of carbonyl (C=O) groups is 1. The van der Waals surface area contributed by atoms with Crippen LogP contribution in [0.3, 0.4) is 0 Å². The van der Waals surface area contributed by atoms with E-state index in [9.17, 15) is 9.18 Å². The predicted molar refractivity (Wildman–Crippen MR) is 70.0 cm³/mol. The van der Waals surface area contributed by atoms with Gasteiger partial charge in [-0.25, -0.2) is 9.37 Å². The van der Waals surface area contributed by atoms with Gasteiger partial charge in [0.2, 0.25) is 0 Å². The maximum absolute atomic E-state index is 13.3. The summed E-state index contributed by atoms with van der Waals surface area (Å²) >= 11 is 5.66. The molecule has 0 aliphatic carbocycles. The number of methoxy groups -OCH3 is 1. The second-order valence-corrected chi connectivity index (χ2v) is 4.13. The van der Waals surface area contributed by atoms with Gasteiger partial charge >= 0.3 is 0 Å². The summed E-state index contributed by atoms with van der Waals surface area (Å²) in [6, 6.07) is 6.76.